The van der Waals surface area contributed by atoms with E-state index in [9.17, 15) is 9.59 Å². The molecule has 1 aromatic heterocycles. The van der Waals surface area contributed by atoms with Crippen LogP contribution in [0.5, 0.6) is 5.75 Å². The van der Waals surface area contributed by atoms with Gasteiger partial charge in [-0.05, 0) is 37.1 Å². The van der Waals surface area contributed by atoms with E-state index in [4.69, 9.17) is 4.74 Å². The molecule has 0 radical (unpaired) electrons. The summed E-state index contributed by atoms with van der Waals surface area (Å²) in [6.07, 6.45) is 0. The van der Waals surface area contributed by atoms with Crippen LogP contribution in [0.4, 0.5) is 0 Å². The molecule has 1 unspecified atom stereocenters. The summed E-state index contributed by atoms with van der Waals surface area (Å²) in [4.78, 5) is 30.0. The molecule has 0 saturated carbocycles. The van der Waals surface area contributed by atoms with Gasteiger partial charge in [0.25, 0.3) is 5.91 Å². The van der Waals surface area contributed by atoms with Crippen LogP contribution in [-0.2, 0) is 11.3 Å². The lowest BCUT2D eigenvalue weighted by Crippen LogP contribution is -2.49. The number of benzene rings is 2. The maximum atomic E-state index is 12.8. The third-order valence-corrected chi connectivity index (χ3v) is 5.55. The Morgan fingerprint density at radius 2 is 1.77 bits per heavy atom. The molecule has 0 aliphatic heterocycles. The molecular formula is C24H27N3O3S. The fourth-order valence-corrected chi connectivity index (χ4v) is 3.78. The van der Waals surface area contributed by atoms with Gasteiger partial charge in [0.1, 0.15) is 16.8 Å². The maximum absolute atomic E-state index is 12.8. The molecule has 0 fully saturated rings. The summed E-state index contributed by atoms with van der Waals surface area (Å²) in [5.41, 5.74) is 2.41. The van der Waals surface area contributed by atoms with Crippen molar-refractivity contribution in [1.82, 2.24) is 15.6 Å². The lowest BCUT2D eigenvalue weighted by molar-refractivity contribution is -0.124. The highest BCUT2D eigenvalue weighted by atomic mass is 32.1. The summed E-state index contributed by atoms with van der Waals surface area (Å²) in [7, 11) is 0. The third-order valence-electron chi connectivity index (χ3n) is 4.70. The van der Waals surface area contributed by atoms with E-state index in [1.54, 1.807) is 24.3 Å². The Labute approximate surface area is 186 Å². The van der Waals surface area contributed by atoms with Crippen LogP contribution in [0.3, 0.4) is 0 Å². The van der Waals surface area contributed by atoms with E-state index >= 15 is 0 Å². The number of hydrogen-bond donors (Lipinski definition) is 2. The second kappa shape index (κ2) is 10.7. The molecule has 6 nitrogen and oxygen atoms in total. The predicted octanol–water partition coefficient (Wildman–Crippen LogP) is 4.28. The Bertz CT molecular complexity index is 1000. The molecular weight excluding hydrogens is 410 g/mol. The minimum atomic E-state index is -0.646. The maximum Gasteiger partial charge on any atom is 0.251 e. The first-order valence-electron chi connectivity index (χ1n) is 10.3. The second-order valence-electron chi connectivity index (χ2n) is 7.36. The molecule has 2 aromatic carbocycles. The molecule has 0 aliphatic carbocycles. The number of nitrogens with zero attached hydrogens (tertiary/aromatic N) is 1. The number of rotatable bonds is 9. The minimum Gasteiger partial charge on any atom is -0.494 e. The average molecular weight is 438 g/mol. The quantitative estimate of drug-likeness (QED) is 0.524. The minimum absolute atomic E-state index is 0.0668. The largest absolute Gasteiger partial charge is 0.494 e. The molecule has 3 rings (SSSR count). The van der Waals surface area contributed by atoms with Crippen molar-refractivity contribution in [1.29, 1.82) is 0 Å². The summed E-state index contributed by atoms with van der Waals surface area (Å²) in [6.45, 7) is 6.59. The van der Waals surface area contributed by atoms with Gasteiger partial charge in [0.2, 0.25) is 5.91 Å². The molecule has 1 atom stereocenters. The molecule has 2 amide bonds. The number of amides is 2. The first-order valence-corrected chi connectivity index (χ1v) is 11.2. The Balaban J connectivity index is 1.59. The van der Waals surface area contributed by atoms with E-state index in [0.29, 0.717) is 24.5 Å². The van der Waals surface area contributed by atoms with Gasteiger partial charge in [0, 0.05) is 16.5 Å². The molecule has 31 heavy (non-hydrogen) atoms. The first kappa shape index (κ1) is 22.5. The normalized spacial score (nSPS) is 11.7. The van der Waals surface area contributed by atoms with Crippen molar-refractivity contribution < 1.29 is 14.3 Å². The van der Waals surface area contributed by atoms with Gasteiger partial charge >= 0.3 is 0 Å². The summed E-state index contributed by atoms with van der Waals surface area (Å²) in [5, 5.41) is 8.53. The van der Waals surface area contributed by atoms with Crippen LogP contribution in [0.2, 0.25) is 0 Å². The van der Waals surface area contributed by atoms with Gasteiger partial charge in [-0.1, -0.05) is 44.2 Å². The Kier molecular flexibility index (Phi) is 7.78. The Morgan fingerprint density at radius 3 is 2.42 bits per heavy atom. The summed E-state index contributed by atoms with van der Waals surface area (Å²) in [5.74, 6) is 0.113. The molecule has 0 spiro atoms. The second-order valence-corrected chi connectivity index (χ2v) is 8.31. The molecule has 0 bridgehead atoms. The smallest absolute Gasteiger partial charge is 0.251 e. The van der Waals surface area contributed by atoms with Gasteiger partial charge in [0.05, 0.1) is 18.8 Å². The molecule has 7 heteroatoms. The number of hydrogen-bond acceptors (Lipinski definition) is 5. The van der Waals surface area contributed by atoms with Crippen LogP contribution >= 0.6 is 11.3 Å². The van der Waals surface area contributed by atoms with E-state index in [1.807, 2.05) is 56.5 Å². The standard InChI is InChI=1S/C24H27N3O3S/c1-4-30-19-12-10-18(11-13-19)23(28)27-22(16(2)3)24(29)25-14-21-26-20(15-31-21)17-8-6-5-7-9-17/h5-13,15-16,22H,4,14H2,1-3H3,(H,25,29)(H,27,28). The third kappa shape index (κ3) is 6.15. The highest BCUT2D eigenvalue weighted by Crippen LogP contribution is 2.21. The van der Waals surface area contributed by atoms with Gasteiger partial charge in [-0.25, -0.2) is 4.98 Å². The van der Waals surface area contributed by atoms with E-state index in [-0.39, 0.29) is 17.7 Å². The number of carbonyl (C=O) groups excluding carboxylic acids is 2. The average Bonchev–Trinajstić information content (AvgIpc) is 3.26. The fraction of sp³-hybridized carbons (Fsp3) is 0.292. The Hall–Kier alpha value is -3.19. The van der Waals surface area contributed by atoms with Crippen molar-refractivity contribution in [3.63, 3.8) is 0 Å². The zero-order chi connectivity index (χ0) is 22.2. The van der Waals surface area contributed by atoms with Crippen LogP contribution in [-0.4, -0.2) is 29.4 Å². The number of nitrogens with one attached hydrogen (secondary N) is 2. The van der Waals surface area contributed by atoms with Gasteiger partial charge in [-0.2, -0.15) is 0 Å². The van der Waals surface area contributed by atoms with Crippen LogP contribution in [0.25, 0.3) is 11.3 Å². The summed E-state index contributed by atoms with van der Waals surface area (Å²) < 4.78 is 5.40. The molecule has 3 aromatic rings. The van der Waals surface area contributed by atoms with Crippen LogP contribution < -0.4 is 15.4 Å². The van der Waals surface area contributed by atoms with Crippen LogP contribution in [0.15, 0.2) is 60.0 Å². The topological polar surface area (TPSA) is 80.3 Å². The molecule has 0 aliphatic rings. The van der Waals surface area contributed by atoms with Crippen molar-refractivity contribution in [2.75, 3.05) is 6.61 Å². The molecule has 2 N–H and O–H groups in total. The van der Waals surface area contributed by atoms with Crippen molar-refractivity contribution in [2.24, 2.45) is 5.92 Å². The van der Waals surface area contributed by atoms with Gasteiger partial charge in [-0.15, -0.1) is 11.3 Å². The highest BCUT2D eigenvalue weighted by Gasteiger charge is 2.24. The lowest BCUT2D eigenvalue weighted by Gasteiger charge is -2.21. The highest BCUT2D eigenvalue weighted by molar-refractivity contribution is 7.09. The number of aromatic nitrogens is 1. The molecule has 162 valence electrons. The number of ether oxygens (including phenoxy) is 1. The monoisotopic (exact) mass is 437 g/mol. The van der Waals surface area contributed by atoms with Gasteiger partial charge in [-0.3, -0.25) is 9.59 Å². The van der Waals surface area contributed by atoms with Crippen molar-refractivity contribution in [2.45, 2.75) is 33.4 Å². The molecule has 1 heterocycles. The lowest BCUT2D eigenvalue weighted by atomic mass is 10.0. The summed E-state index contributed by atoms with van der Waals surface area (Å²) >= 11 is 1.50. The zero-order valence-corrected chi connectivity index (χ0v) is 18.7. The van der Waals surface area contributed by atoms with Gasteiger partial charge < -0.3 is 15.4 Å². The SMILES string of the molecule is CCOc1ccc(C(=O)NC(C(=O)NCc2nc(-c3ccccc3)cs2)C(C)C)cc1. The molecule has 0 saturated heterocycles. The fourth-order valence-electron chi connectivity index (χ4n) is 3.04. The van der Waals surface area contributed by atoms with Crippen LogP contribution in [0.1, 0.15) is 36.1 Å². The predicted molar refractivity (Wildman–Crippen MR) is 123 cm³/mol. The van der Waals surface area contributed by atoms with Crippen LogP contribution in [0, 0.1) is 5.92 Å². The van der Waals surface area contributed by atoms with Crippen molar-refractivity contribution in [3.05, 3.63) is 70.5 Å². The number of carbonyl (C=O) groups is 2. The van der Waals surface area contributed by atoms with Crippen molar-refractivity contribution >= 4 is 23.2 Å². The van der Waals surface area contributed by atoms with Crippen molar-refractivity contribution in [3.8, 4) is 17.0 Å². The van der Waals surface area contributed by atoms with E-state index in [0.717, 1.165) is 16.3 Å². The van der Waals surface area contributed by atoms with E-state index in [1.165, 1.54) is 11.3 Å². The Morgan fingerprint density at radius 1 is 1.06 bits per heavy atom. The van der Waals surface area contributed by atoms with Gasteiger partial charge in [0.15, 0.2) is 0 Å². The van der Waals surface area contributed by atoms with E-state index in [2.05, 4.69) is 15.6 Å². The number of thiazole rings is 1. The zero-order valence-electron chi connectivity index (χ0n) is 17.9. The first-order chi connectivity index (χ1) is 15.0. The van der Waals surface area contributed by atoms with E-state index < -0.39 is 6.04 Å². The summed E-state index contributed by atoms with van der Waals surface area (Å²) in [6, 6.07) is 16.1.